The number of aryl methyl sites for hydroxylation is 5. The molecule has 6 nitrogen and oxygen atoms in total. The SMILES string of the molecule is CCc1c(C)nc(-c2cccc(C)c2)nc1N1CCN(S(=O)(=O)c2c(C)cc(C)cc2C)CC1. The predicted molar refractivity (Wildman–Crippen MR) is 138 cm³/mol. The Morgan fingerprint density at radius 1 is 0.853 bits per heavy atom. The van der Waals surface area contributed by atoms with Gasteiger partial charge in [-0.3, -0.25) is 0 Å². The zero-order valence-corrected chi connectivity index (χ0v) is 21.8. The summed E-state index contributed by atoms with van der Waals surface area (Å²) in [6.07, 6.45) is 0.829. The summed E-state index contributed by atoms with van der Waals surface area (Å²) in [4.78, 5) is 12.4. The lowest BCUT2D eigenvalue weighted by Crippen LogP contribution is -2.49. The molecule has 4 rings (SSSR count). The third-order valence-electron chi connectivity index (χ3n) is 6.56. The molecule has 180 valence electrons. The minimum Gasteiger partial charge on any atom is -0.354 e. The van der Waals surface area contributed by atoms with Gasteiger partial charge in [0.15, 0.2) is 5.82 Å². The van der Waals surface area contributed by atoms with E-state index in [0.717, 1.165) is 45.7 Å². The molecule has 1 aromatic heterocycles. The average Bonchev–Trinajstić information content (AvgIpc) is 2.77. The second kappa shape index (κ2) is 9.47. The Labute approximate surface area is 203 Å². The maximum atomic E-state index is 13.5. The van der Waals surface area contributed by atoms with Crippen LogP contribution in [0.3, 0.4) is 0 Å². The number of piperazine rings is 1. The highest BCUT2D eigenvalue weighted by Crippen LogP contribution is 2.29. The predicted octanol–water partition coefficient (Wildman–Crippen LogP) is 4.76. The number of sulfonamides is 1. The number of nitrogens with zero attached hydrogens (tertiary/aromatic N) is 4. The molecule has 0 unspecified atom stereocenters. The van der Waals surface area contributed by atoms with E-state index in [0.29, 0.717) is 36.9 Å². The summed E-state index contributed by atoms with van der Waals surface area (Å²) in [7, 11) is -3.55. The molecule has 2 heterocycles. The van der Waals surface area contributed by atoms with Gasteiger partial charge in [0.2, 0.25) is 10.0 Å². The van der Waals surface area contributed by atoms with Gasteiger partial charge in [-0.25, -0.2) is 18.4 Å². The second-order valence-corrected chi connectivity index (χ2v) is 11.2. The van der Waals surface area contributed by atoms with Gasteiger partial charge >= 0.3 is 0 Å². The molecular formula is C27H34N4O2S. The van der Waals surface area contributed by atoms with Crippen molar-refractivity contribution in [3.63, 3.8) is 0 Å². The van der Waals surface area contributed by atoms with Crippen molar-refractivity contribution in [3.05, 3.63) is 69.9 Å². The van der Waals surface area contributed by atoms with E-state index in [1.807, 2.05) is 52.0 Å². The van der Waals surface area contributed by atoms with Crippen molar-refractivity contribution >= 4 is 15.8 Å². The summed E-state index contributed by atoms with van der Waals surface area (Å²) in [5.74, 6) is 1.64. The Balaban J connectivity index is 1.62. The maximum absolute atomic E-state index is 13.5. The van der Waals surface area contributed by atoms with E-state index in [1.54, 1.807) is 4.31 Å². The summed E-state index contributed by atoms with van der Waals surface area (Å²) in [5.41, 5.74) is 6.96. The van der Waals surface area contributed by atoms with E-state index >= 15 is 0 Å². The van der Waals surface area contributed by atoms with Gasteiger partial charge in [0.25, 0.3) is 0 Å². The monoisotopic (exact) mass is 478 g/mol. The summed E-state index contributed by atoms with van der Waals surface area (Å²) in [6.45, 7) is 14.0. The van der Waals surface area contributed by atoms with Crippen LogP contribution >= 0.6 is 0 Å². The van der Waals surface area contributed by atoms with Gasteiger partial charge < -0.3 is 4.90 Å². The molecule has 0 amide bonds. The molecule has 34 heavy (non-hydrogen) atoms. The highest BCUT2D eigenvalue weighted by atomic mass is 32.2. The lowest BCUT2D eigenvalue weighted by molar-refractivity contribution is 0.383. The standard InChI is InChI=1S/C27H34N4O2S/c1-7-24-22(6)28-26(23-10-8-9-18(2)17-23)29-27(24)30-11-13-31(14-12-30)34(32,33)25-20(4)15-19(3)16-21(25)5/h8-10,15-17H,7,11-14H2,1-6H3. The van der Waals surface area contributed by atoms with Crippen molar-refractivity contribution in [3.8, 4) is 11.4 Å². The third-order valence-corrected chi connectivity index (χ3v) is 8.77. The molecule has 0 N–H and O–H groups in total. The highest BCUT2D eigenvalue weighted by Gasteiger charge is 2.32. The van der Waals surface area contributed by atoms with Crippen molar-refractivity contribution in [1.29, 1.82) is 0 Å². The Hall–Kier alpha value is -2.77. The van der Waals surface area contributed by atoms with Gasteiger partial charge in [-0.2, -0.15) is 4.31 Å². The summed E-state index contributed by atoms with van der Waals surface area (Å²) in [6, 6.07) is 12.1. The maximum Gasteiger partial charge on any atom is 0.243 e. The fraction of sp³-hybridized carbons (Fsp3) is 0.407. The molecule has 0 bridgehead atoms. The molecule has 0 spiro atoms. The van der Waals surface area contributed by atoms with Gasteiger partial charge in [-0.1, -0.05) is 48.4 Å². The molecule has 7 heteroatoms. The topological polar surface area (TPSA) is 66.4 Å². The van der Waals surface area contributed by atoms with Crippen molar-refractivity contribution in [2.24, 2.45) is 0 Å². The Bertz CT molecular complexity index is 1300. The van der Waals surface area contributed by atoms with Crippen LogP contribution in [0.1, 0.15) is 40.4 Å². The van der Waals surface area contributed by atoms with Crippen LogP contribution in [0.15, 0.2) is 41.3 Å². The Morgan fingerprint density at radius 3 is 2.09 bits per heavy atom. The van der Waals surface area contributed by atoms with Crippen LogP contribution < -0.4 is 4.90 Å². The van der Waals surface area contributed by atoms with Crippen LogP contribution in [0.5, 0.6) is 0 Å². The molecule has 0 aliphatic carbocycles. The van der Waals surface area contributed by atoms with E-state index in [4.69, 9.17) is 9.97 Å². The number of rotatable bonds is 5. The minimum absolute atomic E-state index is 0.432. The van der Waals surface area contributed by atoms with Crippen LogP contribution in [-0.4, -0.2) is 48.9 Å². The highest BCUT2D eigenvalue weighted by molar-refractivity contribution is 7.89. The molecule has 3 aromatic rings. The zero-order chi connectivity index (χ0) is 24.6. The molecule has 0 atom stereocenters. The fourth-order valence-electron chi connectivity index (χ4n) is 5.01. The van der Waals surface area contributed by atoms with Crippen LogP contribution in [0.25, 0.3) is 11.4 Å². The van der Waals surface area contributed by atoms with Crippen molar-refractivity contribution in [2.75, 3.05) is 31.1 Å². The third kappa shape index (κ3) is 4.59. The molecular weight excluding hydrogens is 444 g/mol. The largest absolute Gasteiger partial charge is 0.354 e. The molecule has 1 aliphatic rings. The second-order valence-electron chi connectivity index (χ2n) is 9.28. The smallest absolute Gasteiger partial charge is 0.243 e. The van der Waals surface area contributed by atoms with Crippen LogP contribution in [0, 0.1) is 34.6 Å². The van der Waals surface area contributed by atoms with Crippen molar-refractivity contribution < 1.29 is 8.42 Å². The van der Waals surface area contributed by atoms with Crippen molar-refractivity contribution in [1.82, 2.24) is 14.3 Å². The number of anilines is 1. The fourth-order valence-corrected chi connectivity index (χ4v) is 6.85. The lowest BCUT2D eigenvalue weighted by atomic mass is 10.1. The van der Waals surface area contributed by atoms with Gasteiger partial charge in [0, 0.05) is 43.0 Å². The van der Waals surface area contributed by atoms with Crippen LogP contribution in [0.2, 0.25) is 0 Å². The molecule has 1 aliphatic heterocycles. The van der Waals surface area contributed by atoms with Gasteiger partial charge in [0.05, 0.1) is 4.90 Å². The van der Waals surface area contributed by atoms with Crippen molar-refractivity contribution in [2.45, 2.75) is 52.9 Å². The minimum atomic E-state index is -3.55. The van der Waals surface area contributed by atoms with E-state index < -0.39 is 10.0 Å². The Morgan fingerprint density at radius 2 is 1.50 bits per heavy atom. The quantitative estimate of drug-likeness (QED) is 0.529. The first-order chi connectivity index (χ1) is 16.1. The molecule has 0 saturated carbocycles. The molecule has 2 aromatic carbocycles. The lowest BCUT2D eigenvalue weighted by Gasteiger charge is -2.36. The number of benzene rings is 2. The summed E-state index contributed by atoms with van der Waals surface area (Å²) >= 11 is 0. The number of hydrogen-bond acceptors (Lipinski definition) is 5. The van der Waals surface area contributed by atoms with Crippen LogP contribution in [0.4, 0.5) is 5.82 Å². The average molecular weight is 479 g/mol. The van der Waals surface area contributed by atoms with E-state index in [1.165, 1.54) is 5.56 Å². The van der Waals surface area contributed by atoms with Gasteiger partial charge in [0.1, 0.15) is 5.82 Å². The first kappa shape index (κ1) is 24.4. The first-order valence-electron chi connectivity index (χ1n) is 11.9. The summed E-state index contributed by atoms with van der Waals surface area (Å²) in [5, 5.41) is 0. The number of aromatic nitrogens is 2. The number of hydrogen-bond donors (Lipinski definition) is 0. The van der Waals surface area contributed by atoms with E-state index in [2.05, 4.69) is 30.9 Å². The molecule has 0 radical (unpaired) electrons. The Kier molecular flexibility index (Phi) is 6.78. The summed E-state index contributed by atoms with van der Waals surface area (Å²) < 4.78 is 28.6. The first-order valence-corrected chi connectivity index (χ1v) is 13.3. The van der Waals surface area contributed by atoms with Gasteiger partial charge in [-0.05, 0) is 58.2 Å². The zero-order valence-electron chi connectivity index (χ0n) is 21.0. The normalized spacial score (nSPS) is 15.1. The van der Waals surface area contributed by atoms with Crippen LogP contribution in [-0.2, 0) is 16.4 Å². The molecule has 1 saturated heterocycles. The van der Waals surface area contributed by atoms with E-state index in [9.17, 15) is 8.42 Å². The van der Waals surface area contributed by atoms with E-state index in [-0.39, 0.29) is 0 Å². The molecule has 1 fully saturated rings. The van der Waals surface area contributed by atoms with Gasteiger partial charge in [-0.15, -0.1) is 0 Å².